The van der Waals surface area contributed by atoms with Crippen molar-refractivity contribution in [1.82, 2.24) is 0 Å². The topological polar surface area (TPSA) is 52.6 Å². The summed E-state index contributed by atoms with van der Waals surface area (Å²) in [6, 6.07) is 9.51. The lowest BCUT2D eigenvalue weighted by Gasteiger charge is -2.27. The molecule has 4 heteroatoms. The lowest BCUT2D eigenvalue weighted by atomic mass is 9.73. The number of carbonyl (C=O) groups is 2. The van der Waals surface area contributed by atoms with E-state index in [9.17, 15) is 9.59 Å². The number of hydrogen-bond donors (Lipinski definition) is 0. The Morgan fingerprint density at radius 3 is 2.61 bits per heavy atom. The van der Waals surface area contributed by atoms with Gasteiger partial charge in [-0.3, -0.25) is 9.59 Å². The Bertz CT molecular complexity index is 577. The van der Waals surface area contributed by atoms with Crippen LogP contribution in [0.25, 0.3) is 0 Å². The molecule has 0 radical (unpaired) electrons. The van der Waals surface area contributed by atoms with Gasteiger partial charge in [0.25, 0.3) is 0 Å². The molecule has 4 nitrogen and oxygen atoms in total. The number of rotatable bonds is 1. The van der Waals surface area contributed by atoms with Crippen molar-refractivity contribution in [3.05, 3.63) is 48.0 Å². The number of benzene rings is 1. The molecule has 4 unspecified atom stereocenters. The van der Waals surface area contributed by atoms with Gasteiger partial charge in [-0.1, -0.05) is 36.4 Å². The van der Waals surface area contributed by atoms with E-state index in [1.807, 2.05) is 42.5 Å². The lowest BCUT2D eigenvalue weighted by Crippen LogP contribution is -2.35. The van der Waals surface area contributed by atoms with Gasteiger partial charge in [0.2, 0.25) is 0 Å². The highest BCUT2D eigenvalue weighted by atomic mass is 16.6. The SMILES string of the molecule is O=C1OC(=O)C2C1C1C=CC2(c2ccccc2)O1. The van der Waals surface area contributed by atoms with Gasteiger partial charge in [0.15, 0.2) is 0 Å². The third-order valence-electron chi connectivity index (χ3n) is 3.99. The van der Waals surface area contributed by atoms with E-state index in [-0.39, 0.29) is 6.10 Å². The van der Waals surface area contributed by atoms with Crippen molar-refractivity contribution in [1.29, 1.82) is 0 Å². The van der Waals surface area contributed by atoms with Gasteiger partial charge in [-0.2, -0.15) is 0 Å². The van der Waals surface area contributed by atoms with Crippen molar-refractivity contribution in [2.24, 2.45) is 11.8 Å². The third-order valence-corrected chi connectivity index (χ3v) is 3.99. The van der Waals surface area contributed by atoms with Crippen LogP contribution in [0.2, 0.25) is 0 Å². The highest BCUT2D eigenvalue weighted by molar-refractivity contribution is 5.99. The van der Waals surface area contributed by atoms with Crippen molar-refractivity contribution in [2.45, 2.75) is 11.7 Å². The molecule has 3 aliphatic rings. The quantitative estimate of drug-likeness (QED) is 0.421. The van der Waals surface area contributed by atoms with Crippen molar-refractivity contribution in [2.75, 3.05) is 0 Å². The van der Waals surface area contributed by atoms with Crippen LogP contribution in [-0.2, 0) is 24.7 Å². The van der Waals surface area contributed by atoms with Crippen LogP contribution < -0.4 is 0 Å². The predicted molar refractivity (Wildman–Crippen MR) is 60.2 cm³/mol. The molecule has 1 aromatic rings. The van der Waals surface area contributed by atoms with Gasteiger partial charge >= 0.3 is 11.9 Å². The first kappa shape index (κ1) is 10.0. The Kier molecular flexibility index (Phi) is 1.72. The molecule has 2 saturated heterocycles. The maximum absolute atomic E-state index is 11.9. The summed E-state index contributed by atoms with van der Waals surface area (Å²) >= 11 is 0. The molecule has 2 bridgehead atoms. The second-order valence-electron chi connectivity index (χ2n) is 4.84. The van der Waals surface area contributed by atoms with E-state index in [2.05, 4.69) is 0 Å². The van der Waals surface area contributed by atoms with Gasteiger partial charge in [-0.05, 0) is 11.6 Å². The smallest absolute Gasteiger partial charge is 0.321 e. The minimum Gasteiger partial charge on any atom is -0.393 e. The molecule has 90 valence electrons. The molecule has 0 amide bonds. The molecule has 3 aliphatic heterocycles. The van der Waals surface area contributed by atoms with Crippen LogP contribution in [0.4, 0.5) is 0 Å². The van der Waals surface area contributed by atoms with E-state index in [1.54, 1.807) is 0 Å². The van der Waals surface area contributed by atoms with E-state index < -0.39 is 29.4 Å². The van der Waals surface area contributed by atoms with Gasteiger partial charge in [0.1, 0.15) is 17.4 Å². The van der Waals surface area contributed by atoms with E-state index in [0.29, 0.717) is 0 Å². The molecular formula is C14H10O4. The Morgan fingerprint density at radius 1 is 1.06 bits per heavy atom. The number of esters is 2. The summed E-state index contributed by atoms with van der Waals surface area (Å²) in [5.41, 5.74) is 0.0720. The van der Waals surface area contributed by atoms with E-state index in [4.69, 9.17) is 9.47 Å². The standard InChI is InChI=1S/C14H10O4/c15-12-10-9-6-7-14(18-9,11(10)13(16)17-12)8-4-2-1-3-5-8/h1-7,9-11H. The summed E-state index contributed by atoms with van der Waals surface area (Å²) in [7, 11) is 0. The second kappa shape index (κ2) is 3.09. The van der Waals surface area contributed by atoms with Gasteiger partial charge in [0.05, 0.1) is 6.10 Å². The number of hydrogen-bond acceptors (Lipinski definition) is 4. The molecule has 2 fully saturated rings. The van der Waals surface area contributed by atoms with Gasteiger partial charge in [0, 0.05) is 0 Å². The fourth-order valence-electron chi connectivity index (χ4n) is 3.23. The summed E-state index contributed by atoms with van der Waals surface area (Å²) in [5, 5.41) is 0. The van der Waals surface area contributed by atoms with Crippen LogP contribution in [0.1, 0.15) is 5.56 Å². The minimum absolute atomic E-state index is 0.339. The molecule has 0 aliphatic carbocycles. The summed E-state index contributed by atoms with van der Waals surface area (Å²) in [4.78, 5) is 23.6. The third kappa shape index (κ3) is 0.996. The fraction of sp³-hybridized carbons (Fsp3) is 0.286. The normalized spacial score (nSPS) is 40.1. The molecule has 1 aromatic carbocycles. The largest absolute Gasteiger partial charge is 0.393 e. The minimum atomic E-state index is -0.820. The lowest BCUT2D eigenvalue weighted by molar-refractivity contribution is -0.158. The van der Waals surface area contributed by atoms with E-state index in [1.165, 1.54) is 0 Å². The molecule has 3 heterocycles. The molecule has 0 saturated carbocycles. The van der Waals surface area contributed by atoms with Crippen molar-refractivity contribution < 1.29 is 19.1 Å². The molecule has 4 atom stereocenters. The molecule has 0 spiro atoms. The average Bonchev–Trinajstić information content (AvgIpc) is 3.03. The Hall–Kier alpha value is -1.94. The van der Waals surface area contributed by atoms with Crippen LogP contribution in [0.15, 0.2) is 42.5 Å². The summed E-state index contributed by atoms with van der Waals surface area (Å²) < 4.78 is 10.7. The van der Waals surface area contributed by atoms with Crippen LogP contribution in [0.5, 0.6) is 0 Å². The molecule has 0 aromatic heterocycles. The molecule has 0 N–H and O–H groups in total. The van der Waals surface area contributed by atoms with Gasteiger partial charge < -0.3 is 9.47 Å². The second-order valence-corrected chi connectivity index (χ2v) is 4.84. The first-order chi connectivity index (χ1) is 8.72. The zero-order valence-corrected chi connectivity index (χ0v) is 9.41. The van der Waals surface area contributed by atoms with Crippen LogP contribution in [0.3, 0.4) is 0 Å². The summed E-state index contributed by atoms with van der Waals surface area (Å²) in [5.74, 6) is -1.96. The molecule has 4 rings (SSSR count). The zero-order chi connectivity index (χ0) is 12.3. The molecular weight excluding hydrogens is 232 g/mol. The molecule has 18 heavy (non-hydrogen) atoms. The first-order valence-corrected chi connectivity index (χ1v) is 5.91. The summed E-state index contributed by atoms with van der Waals surface area (Å²) in [6.45, 7) is 0. The number of cyclic esters (lactones) is 2. The fourth-order valence-corrected chi connectivity index (χ4v) is 3.23. The first-order valence-electron chi connectivity index (χ1n) is 5.91. The average molecular weight is 242 g/mol. The zero-order valence-electron chi connectivity index (χ0n) is 9.41. The van der Waals surface area contributed by atoms with E-state index >= 15 is 0 Å². The number of ether oxygens (including phenoxy) is 2. The van der Waals surface area contributed by atoms with Crippen LogP contribution in [-0.4, -0.2) is 18.0 Å². The number of carbonyl (C=O) groups excluding carboxylic acids is 2. The highest BCUT2D eigenvalue weighted by Gasteiger charge is 2.67. The Morgan fingerprint density at radius 2 is 1.83 bits per heavy atom. The maximum Gasteiger partial charge on any atom is 0.321 e. The van der Waals surface area contributed by atoms with Crippen molar-refractivity contribution in [3.8, 4) is 0 Å². The van der Waals surface area contributed by atoms with Crippen molar-refractivity contribution in [3.63, 3.8) is 0 Å². The Balaban J connectivity index is 1.90. The van der Waals surface area contributed by atoms with Gasteiger partial charge in [-0.25, -0.2) is 0 Å². The Labute approximate surface area is 103 Å². The monoisotopic (exact) mass is 242 g/mol. The highest BCUT2D eigenvalue weighted by Crippen LogP contribution is 2.56. The number of fused-ring (bicyclic) bond motifs is 5. The summed E-state index contributed by atoms with van der Waals surface area (Å²) in [6.07, 6.45) is 3.40. The van der Waals surface area contributed by atoms with Crippen LogP contribution in [0, 0.1) is 11.8 Å². The van der Waals surface area contributed by atoms with E-state index in [0.717, 1.165) is 5.56 Å². The van der Waals surface area contributed by atoms with Gasteiger partial charge in [-0.15, -0.1) is 0 Å². The van der Waals surface area contributed by atoms with Crippen LogP contribution >= 0.6 is 0 Å². The maximum atomic E-state index is 11.9. The van der Waals surface area contributed by atoms with Crippen molar-refractivity contribution >= 4 is 11.9 Å². The predicted octanol–water partition coefficient (Wildman–Crippen LogP) is 1.17.